The molecule has 8 heteroatoms. The Hall–Kier alpha value is -6.39. The Morgan fingerprint density at radius 2 is 0.768 bits per heavy atom. The summed E-state index contributed by atoms with van der Waals surface area (Å²) in [5.74, 6) is 4.91. The van der Waals surface area contributed by atoms with Crippen molar-refractivity contribution in [2.75, 3.05) is 9.80 Å². The standard InChI is InChI=1S/C36H43N.C36H27N.2CH3.2ClH.HN3.Zr/c2*1-4-12-26(13-5-1)29-22-24-33-31(29)18-10-20-35(33)37(28-16-8-3-9-17-28)36-21-11-19-32-30(23-25-34(32)36)27-14-6-2-7-15-27;;;;;1-3-2;/h1-9,12-17,29-36H,10-11,18-25H2;1-23H,24-25H2;2*1H3;2*1H;1H;/q;;2*-1;;;;+4/p-2. The molecule has 8 aromatic rings. The maximum Gasteiger partial charge on any atom is 0.0371 e. The van der Waals surface area contributed by atoms with Gasteiger partial charge in [0.25, 0.3) is 0 Å². The van der Waals surface area contributed by atoms with E-state index in [0.717, 1.165) is 48.3 Å². The predicted octanol–water partition coefficient (Wildman–Crippen LogP) is 21.5. The van der Waals surface area contributed by atoms with Crippen molar-refractivity contribution in [2.45, 2.75) is 101 Å². The van der Waals surface area contributed by atoms with Gasteiger partial charge in [-0.15, -0.1) is 5.53 Å². The Morgan fingerprint density at radius 3 is 1.16 bits per heavy atom. The molecule has 8 aromatic carbocycles. The summed E-state index contributed by atoms with van der Waals surface area (Å²) >= 11 is -0.826. The molecule has 0 bridgehead atoms. The van der Waals surface area contributed by atoms with E-state index in [1.165, 1.54) is 131 Å². The van der Waals surface area contributed by atoms with Crippen molar-refractivity contribution in [1.29, 1.82) is 5.53 Å². The fourth-order valence-corrected chi connectivity index (χ4v) is 15.6. The average Bonchev–Trinajstić information content (AvgIpc) is 4.54. The molecule has 0 spiro atoms. The maximum absolute atomic E-state index is 6.86. The molecule has 0 aliphatic heterocycles. The van der Waals surface area contributed by atoms with Crippen molar-refractivity contribution in [3.63, 3.8) is 0 Å². The zero-order chi connectivity index (χ0) is 54.6. The smallest absolute Gasteiger partial charge is 0.0371 e. The molecule has 8 atom stereocenters. The fraction of sp³-hybridized carbons (Fsp3) is 0.270. The van der Waals surface area contributed by atoms with Crippen molar-refractivity contribution in [1.82, 2.24) is 0 Å². The van der Waals surface area contributed by atoms with Gasteiger partial charge in [0, 0.05) is 23.5 Å². The van der Waals surface area contributed by atoms with Crippen LogP contribution in [-0.2, 0) is 33.7 Å². The van der Waals surface area contributed by atoms with Crippen LogP contribution in [0.1, 0.15) is 121 Å². The van der Waals surface area contributed by atoms with Crippen LogP contribution in [-0.4, -0.2) is 12.1 Å². The minimum Gasteiger partial charge on any atom is -0.365 e. The van der Waals surface area contributed by atoms with Gasteiger partial charge in [-0.25, -0.2) is 0 Å². The second-order valence-corrected chi connectivity index (χ2v) is 26.1. The van der Waals surface area contributed by atoms with Crippen LogP contribution in [0.5, 0.6) is 0 Å². The van der Waals surface area contributed by atoms with Crippen LogP contribution in [0.2, 0.25) is 0 Å². The topological polar surface area (TPSA) is 66.7 Å². The van der Waals surface area contributed by atoms with Gasteiger partial charge in [-0.2, -0.15) is 0 Å². The molecule has 14 rings (SSSR count). The monoisotopic (exact) mass is 1200 g/mol. The van der Waals surface area contributed by atoms with Crippen LogP contribution in [0.15, 0.2) is 231 Å². The number of fused-ring (bicyclic) bond motifs is 4. The summed E-state index contributed by atoms with van der Waals surface area (Å²) in [4.78, 5) is 7.26. The van der Waals surface area contributed by atoms with Crippen LogP contribution in [0.3, 0.4) is 0 Å². The molecule has 8 unspecified atom stereocenters. The molecule has 5 nitrogen and oxygen atoms in total. The van der Waals surface area contributed by atoms with E-state index in [0.29, 0.717) is 12.1 Å². The SMILES string of the molecule is C1=C(c2ccccc2)c2cccc(N(c3ccccc3)c3cccc4c3CC=C4c3ccccc3)c2C1.[CH3-].[CH3-].[Cl][Zr+2][Cl].[N-]=[N+]=N.c1ccc(C2CCC3C2CCCC3N(c2ccccc2)C2CCCC3C(c4ccccc4)CCC32)cc1. The van der Waals surface area contributed by atoms with E-state index in [4.69, 9.17) is 28.1 Å². The Labute approximate surface area is 508 Å². The molecule has 0 heterocycles. The molecule has 416 valence electrons. The molecule has 1 N–H and O–H groups in total. The van der Waals surface area contributed by atoms with Crippen molar-refractivity contribution in [3.8, 4) is 0 Å². The van der Waals surface area contributed by atoms with Gasteiger partial charge in [0.2, 0.25) is 0 Å². The molecule has 6 aliphatic rings. The van der Waals surface area contributed by atoms with E-state index in [1.807, 2.05) is 0 Å². The number of nitrogens with zero attached hydrogens (tertiary/aromatic N) is 4. The van der Waals surface area contributed by atoms with E-state index in [1.54, 1.807) is 16.0 Å². The van der Waals surface area contributed by atoms with Crippen LogP contribution in [0, 0.1) is 44.1 Å². The number of para-hydroxylation sites is 2. The first kappa shape index (κ1) is 60.2. The second-order valence-electron chi connectivity index (χ2n) is 22.4. The molecule has 4 saturated carbocycles. The number of nitrogens with one attached hydrogen (secondary N) is 1. The molecule has 6 aliphatic carbocycles. The van der Waals surface area contributed by atoms with E-state index >= 15 is 0 Å². The Bertz CT molecular complexity index is 3190. The minimum atomic E-state index is -0.826. The van der Waals surface area contributed by atoms with E-state index in [-0.39, 0.29) is 14.9 Å². The quantitative estimate of drug-likeness (QED) is 0.0642. The molecule has 0 amide bonds. The number of halogens is 2. The van der Waals surface area contributed by atoms with Gasteiger partial charge < -0.3 is 24.7 Å². The number of benzene rings is 8. The number of hydrogen-bond donors (Lipinski definition) is 1. The third-order valence-electron chi connectivity index (χ3n) is 18.6. The summed E-state index contributed by atoms with van der Waals surface area (Å²) < 4.78 is 0. The van der Waals surface area contributed by atoms with E-state index in [2.05, 4.69) is 240 Å². The van der Waals surface area contributed by atoms with Crippen molar-refractivity contribution >= 4 is 50.9 Å². The first-order valence-corrected chi connectivity index (χ1v) is 35.4. The molecule has 4 fully saturated rings. The summed E-state index contributed by atoms with van der Waals surface area (Å²) in [6.45, 7) is 0. The summed E-state index contributed by atoms with van der Waals surface area (Å²) in [7, 11) is 9.87. The Morgan fingerprint density at radius 1 is 0.415 bits per heavy atom. The zero-order valence-electron chi connectivity index (χ0n) is 47.6. The van der Waals surface area contributed by atoms with Crippen LogP contribution >= 0.6 is 17.0 Å². The van der Waals surface area contributed by atoms with Crippen LogP contribution in [0.25, 0.3) is 21.6 Å². The summed E-state index contributed by atoms with van der Waals surface area (Å²) in [5.41, 5.74) is 31.3. The third kappa shape index (κ3) is 12.9. The summed E-state index contributed by atoms with van der Waals surface area (Å²) in [6.07, 6.45) is 20.6. The van der Waals surface area contributed by atoms with Gasteiger partial charge in [0.15, 0.2) is 0 Å². The summed E-state index contributed by atoms with van der Waals surface area (Å²) in [6, 6.07) is 81.9. The van der Waals surface area contributed by atoms with Gasteiger partial charge in [-0.1, -0.05) is 207 Å². The molecule has 82 heavy (non-hydrogen) atoms. The van der Waals surface area contributed by atoms with Gasteiger partial charge in [-0.3, -0.25) is 0 Å². The van der Waals surface area contributed by atoms with E-state index < -0.39 is 20.8 Å². The second kappa shape index (κ2) is 29.2. The average molecular weight is 1200 g/mol. The maximum atomic E-state index is 6.86. The molecule has 0 aromatic heterocycles. The van der Waals surface area contributed by atoms with Crippen LogP contribution in [0.4, 0.5) is 22.7 Å². The van der Waals surface area contributed by atoms with Gasteiger partial charge in [0.05, 0.1) is 11.4 Å². The first-order valence-electron chi connectivity index (χ1n) is 29.1. The Balaban J connectivity index is 0.000000177. The van der Waals surface area contributed by atoms with Crippen LogP contribution < -0.4 is 9.80 Å². The zero-order valence-corrected chi connectivity index (χ0v) is 51.6. The minimum absolute atomic E-state index is 0. The molecular weight excluding hydrogens is 1120 g/mol. The molecule has 0 radical (unpaired) electrons. The van der Waals surface area contributed by atoms with E-state index in [9.17, 15) is 0 Å². The molecule has 0 saturated heterocycles. The number of allylic oxidation sites excluding steroid dienone is 2. The Kier molecular flexibility index (Phi) is 21.5. The number of hydrogen-bond acceptors (Lipinski definition) is 3. The van der Waals surface area contributed by atoms with Crippen molar-refractivity contribution in [3.05, 3.63) is 300 Å². The van der Waals surface area contributed by atoms with Gasteiger partial charge in [0.1, 0.15) is 0 Å². The van der Waals surface area contributed by atoms with Crippen molar-refractivity contribution < 1.29 is 20.8 Å². The number of rotatable bonds is 10. The van der Waals surface area contributed by atoms with Gasteiger partial charge in [-0.05, 0) is 202 Å². The largest absolute Gasteiger partial charge is 0.365 e. The number of anilines is 4. The molecular formula is C74H77Cl2N5Zr. The van der Waals surface area contributed by atoms with Crippen molar-refractivity contribution in [2.24, 2.45) is 23.7 Å². The third-order valence-corrected chi connectivity index (χ3v) is 18.6. The normalized spacial score (nSPS) is 22.1. The summed E-state index contributed by atoms with van der Waals surface area (Å²) in [5, 5.41) is 0. The first-order chi connectivity index (χ1) is 39.6. The predicted molar refractivity (Wildman–Crippen MR) is 345 cm³/mol. The fourth-order valence-electron chi connectivity index (χ4n) is 15.6. The van der Waals surface area contributed by atoms with Gasteiger partial charge >= 0.3 is 37.9 Å².